The standard InChI is InChI=1S/C15H24N2O2S/c1-3-20(18,19)15-9-5-4-8-14(15)17(2)12-13-7-6-10-16-11-13/h4-5,8-9,13,16H,3,6-7,10-12H2,1-2H3. The highest BCUT2D eigenvalue weighted by atomic mass is 32.2. The molecule has 4 nitrogen and oxygen atoms in total. The molecule has 0 spiro atoms. The van der Waals surface area contributed by atoms with Crippen molar-refractivity contribution in [1.29, 1.82) is 0 Å². The zero-order chi connectivity index (χ0) is 14.6. The van der Waals surface area contributed by atoms with Gasteiger partial charge >= 0.3 is 0 Å². The molecule has 112 valence electrons. The first kappa shape index (κ1) is 15.3. The van der Waals surface area contributed by atoms with Crippen LogP contribution in [0.2, 0.25) is 0 Å². The number of piperidine rings is 1. The van der Waals surface area contributed by atoms with E-state index in [4.69, 9.17) is 0 Å². The van der Waals surface area contributed by atoms with Crippen LogP contribution in [-0.2, 0) is 9.84 Å². The fourth-order valence-electron chi connectivity index (χ4n) is 2.76. The number of para-hydroxylation sites is 1. The summed E-state index contributed by atoms with van der Waals surface area (Å²) >= 11 is 0. The van der Waals surface area contributed by atoms with Crippen LogP contribution in [0.4, 0.5) is 5.69 Å². The third-order valence-electron chi connectivity index (χ3n) is 3.92. The molecule has 1 aromatic carbocycles. The van der Waals surface area contributed by atoms with E-state index in [-0.39, 0.29) is 5.75 Å². The minimum atomic E-state index is -3.17. The first-order valence-corrected chi connectivity index (χ1v) is 8.93. The van der Waals surface area contributed by atoms with Crippen molar-refractivity contribution in [2.75, 3.05) is 37.3 Å². The second-order valence-corrected chi connectivity index (χ2v) is 7.71. The van der Waals surface area contributed by atoms with Crippen molar-refractivity contribution >= 4 is 15.5 Å². The first-order chi connectivity index (χ1) is 9.54. The molecule has 0 aliphatic carbocycles. The van der Waals surface area contributed by atoms with Crippen LogP contribution in [0, 0.1) is 5.92 Å². The smallest absolute Gasteiger partial charge is 0.180 e. The van der Waals surface area contributed by atoms with Gasteiger partial charge in [-0.1, -0.05) is 19.1 Å². The van der Waals surface area contributed by atoms with E-state index in [1.807, 2.05) is 19.2 Å². The van der Waals surface area contributed by atoms with Crippen molar-refractivity contribution in [3.8, 4) is 0 Å². The number of nitrogens with one attached hydrogen (secondary N) is 1. The van der Waals surface area contributed by atoms with E-state index in [0.717, 1.165) is 25.3 Å². The molecule has 1 aliphatic rings. The Balaban J connectivity index is 2.19. The van der Waals surface area contributed by atoms with Gasteiger partial charge in [0.15, 0.2) is 9.84 Å². The van der Waals surface area contributed by atoms with Crippen LogP contribution < -0.4 is 10.2 Å². The lowest BCUT2D eigenvalue weighted by Crippen LogP contribution is -2.37. The minimum Gasteiger partial charge on any atom is -0.373 e. The van der Waals surface area contributed by atoms with Crippen molar-refractivity contribution in [3.63, 3.8) is 0 Å². The largest absolute Gasteiger partial charge is 0.373 e. The number of rotatable bonds is 5. The van der Waals surface area contributed by atoms with Crippen LogP contribution in [0.25, 0.3) is 0 Å². The van der Waals surface area contributed by atoms with Gasteiger partial charge in [-0.15, -0.1) is 0 Å². The Kier molecular flexibility index (Phi) is 5.05. The van der Waals surface area contributed by atoms with Crippen LogP contribution >= 0.6 is 0 Å². The first-order valence-electron chi connectivity index (χ1n) is 7.28. The molecule has 1 N–H and O–H groups in total. The lowest BCUT2D eigenvalue weighted by atomic mass is 9.99. The van der Waals surface area contributed by atoms with E-state index in [1.54, 1.807) is 19.1 Å². The van der Waals surface area contributed by atoms with Gasteiger partial charge in [-0.2, -0.15) is 0 Å². The summed E-state index contributed by atoms with van der Waals surface area (Å²) in [6.07, 6.45) is 2.41. The number of hydrogen-bond acceptors (Lipinski definition) is 4. The number of anilines is 1. The lowest BCUT2D eigenvalue weighted by Gasteiger charge is -2.29. The molecule has 0 saturated carbocycles. The van der Waals surface area contributed by atoms with Crippen LogP contribution in [0.15, 0.2) is 29.2 Å². The molecular weight excluding hydrogens is 272 g/mol. The highest BCUT2D eigenvalue weighted by molar-refractivity contribution is 7.91. The maximum Gasteiger partial charge on any atom is 0.180 e. The van der Waals surface area contributed by atoms with Crippen molar-refractivity contribution in [2.45, 2.75) is 24.7 Å². The molecular formula is C15H24N2O2S. The molecule has 0 radical (unpaired) electrons. The molecule has 20 heavy (non-hydrogen) atoms. The number of sulfone groups is 1. The molecule has 1 fully saturated rings. The van der Waals surface area contributed by atoms with E-state index < -0.39 is 9.84 Å². The fourth-order valence-corrected chi connectivity index (χ4v) is 3.90. The van der Waals surface area contributed by atoms with E-state index in [0.29, 0.717) is 10.8 Å². The highest BCUT2D eigenvalue weighted by Gasteiger charge is 2.21. The summed E-state index contributed by atoms with van der Waals surface area (Å²) < 4.78 is 24.4. The predicted octanol–water partition coefficient (Wildman–Crippen LogP) is 1.92. The second-order valence-electron chi connectivity index (χ2n) is 5.46. The molecule has 2 rings (SSSR count). The summed E-state index contributed by atoms with van der Waals surface area (Å²) in [5.41, 5.74) is 0.819. The van der Waals surface area contributed by atoms with Crippen molar-refractivity contribution < 1.29 is 8.42 Å². The Morgan fingerprint density at radius 3 is 2.75 bits per heavy atom. The summed E-state index contributed by atoms with van der Waals surface area (Å²) in [6.45, 7) is 4.70. The maximum absolute atomic E-state index is 12.2. The van der Waals surface area contributed by atoms with Gasteiger partial charge in [-0.25, -0.2) is 8.42 Å². The molecule has 0 bridgehead atoms. The monoisotopic (exact) mass is 296 g/mol. The van der Waals surface area contributed by atoms with Gasteiger partial charge in [0, 0.05) is 13.6 Å². The number of hydrogen-bond donors (Lipinski definition) is 1. The van der Waals surface area contributed by atoms with Gasteiger partial charge in [0.05, 0.1) is 16.3 Å². The van der Waals surface area contributed by atoms with Crippen molar-refractivity contribution in [1.82, 2.24) is 5.32 Å². The molecule has 1 heterocycles. The van der Waals surface area contributed by atoms with Crippen molar-refractivity contribution in [2.24, 2.45) is 5.92 Å². The van der Waals surface area contributed by atoms with E-state index in [1.165, 1.54) is 12.8 Å². The molecule has 0 aromatic heterocycles. The van der Waals surface area contributed by atoms with E-state index >= 15 is 0 Å². The predicted molar refractivity (Wildman–Crippen MR) is 83.0 cm³/mol. The van der Waals surface area contributed by atoms with Crippen LogP contribution in [0.1, 0.15) is 19.8 Å². The quantitative estimate of drug-likeness (QED) is 0.902. The Hall–Kier alpha value is -1.07. The highest BCUT2D eigenvalue weighted by Crippen LogP contribution is 2.26. The summed E-state index contributed by atoms with van der Waals surface area (Å²) in [6, 6.07) is 7.31. The zero-order valence-corrected chi connectivity index (χ0v) is 13.1. The summed E-state index contributed by atoms with van der Waals surface area (Å²) in [5, 5.41) is 3.40. The van der Waals surface area contributed by atoms with Crippen LogP contribution in [0.3, 0.4) is 0 Å². The van der Waals surface area contributed by atoms with Crippen LogP contribution in [-0.4, -0.2) is 40.9 Å². The van der Waals surface area contributed by atoms with Gasteiger partial charge in [0.25, 0.3) is 0 Å². The minimum absolute atomic E-state index is 0.142. The molecule has 1 aliphatic heterocycles. The summed E-state index contributed by atoms with van der Waals surface area (Å²) in [5.74, 6) is 0.731. The van der Waals surface area contributed by atoms with Crippen molar-refractivity contribution in [3.05, 3.63) is 24.3 Å². The average Bonchev–Trinajstić information content (AvgIpc) is 2.48. The maximum atomic E-state index is 12.2. The van der Waals surface area contributed by atoms with Gasteiger partial charge in [-0.3, -0.25) is 0 Å². The summed E-state index contributed by atoms with van der Waals surface area (Å²) in [4.78, 5) is 2.54. The second kappa shape index (κ2) is 6.59. The lowest BCUT2D eigenvalue weighted by molar-refractivity contribution is 0.381. The van der Waals surface area contributed by atoms with E-state index in [9.17, 15) is 8.42 Å². The summed E-state index contributed by atoms with van der Waals surface area (Å²) in [7, 11) is -1.19. The number of nitrogens with zero attached hydrogens (tertiary/aromatic N) is 1. The van der Waals surface area contributed by atoms with Gasteiger partial charge < -0.3 is 10.2 Å². The molecule has 0 amide bonds. The SMILES string of the molecule is CCS(=O)(=O)c1ccccc1N(C)CC1CCCNC1. The molecule has 1 saturated heterocycles. The third-order valence-corrected chi connectivity index (χ3v) is 5.70. The normalized spacial score (nSPS) is 19.8. The molecule has 1 aromatic rings. The van der Waals surface area contributed by atoms with Gasteiger partial charge in [-0.05, 0) is 44.0 Å². The van der Waals surface area contributed by atoms with Gasteiger partial charge in [0.2, 0.25) is 0 Å². The third kappa shape index (κ3) is 3.52. The molecule has 1 atom stereocenters. The Morgan fingerprint density at radius 1 is 1.35 bits per heavy atom. The Bertz CT molecular complexity index is 537. The zero-order valence-electron chi connectivity index (χ0n) is 12.3. The van der Waals surface area contributed by atoms with Gasteiger partial charge in [0.1, 0.15) is 0 Å². The molecule has 1 unspecified atom stereocenters. The molecule has 5 heteroatoms. The average molecular weight is 296 g/mol. The number of benzene rings is 1. The Morgan fingerprint density at radius 2 is 2.10 bits per heavy atom. The van der Waals surface area contributed by atoms with E-state index in [2.05, 4.69) is 10.2 Å². The van der Waals surface area contributed by atoms with Crippen LogP contribution in [0.5, 0.6) is 0 Å². The Labute approximate surface area is 122 Å². The fraction of sp³-hybridized carbons (Fsp3) is 0.600. The topological polar surface area (TPSA) is 49.4 Å².